The van der Waals surface area contributed by atoms with Gasteiger partial charge in [-0.25, -0.2) is 4.98 Å². The first-order chi connectivity index (χ1) is 17.1. The van der Waals surface area contributed by atoms with Crippen LogP contribution in [0.25, 0.3) is 0 Å². The van der Waals surface area contributed by atoms with Crippen LogP contribution in [0.2, 0.25) is 0 Å². The Labute approximate surface area is 206 Å². The summed E-state index contributed by atoms with van der Waals surface area (Å²) in [5.74, 6) is 0.785. The third-order valence-corrected chi connectivity index (χ3v) is 7.52. The second kappa shape index (κ2) is 9.41. The number of carbonyl (C=O) groups is 1. The predicted molar refractivity (Wildman–Crippen MR) is 134 cm³/mol. The van der Waals surface area contributed by atoms with Crippen LogP contribution in [0, 0.1) is 0 Å². The van der Waals surface area contributed by atoms with Gasteiger partial charge in [-0.2, -0.15) is 0 Å². The highest BCUT2D eigenvalue weighted by molar-refractivity contribution is 6.01. The largest absolute Gasteiger partial charge is 0.377 e. The molecule has 1 N–H and O–H groups in total. The zero-order valence-corrected chi connectivity index (χ0v) is 20.5. The van der Waals surface area contributed by atoms with Crippen molar-refractivity contribution in [3.05, 3.63) is 42.1 Å². The van der Waals surface area contributed by atoms with Crippen LogP contribution >= 0.6 is 0 Å². The van der Waals surface area contributed by atoms with Gasteiger partial charge in [0.15, 0.2) is 0 Å². The molecule has 186 valence electrons. The molecular weight excluding hydrogens is 444 g/mol. The maximum absolute atomic E-state index is 13.9. The minimum Gasteiger partial charge on any atom is -0.377 e. The number of hydrogen-bond donors (Lipinski definition) is 1. The SMILES string of the molecule is CC(C)O[C@H]1CC[C@H](C(=O)N2Cc3cccnc3Nc3ccc(N4C5CCC4COC5)cc32)OC1. The van der Waals surface area contributed by atoms with Crippen molar-refractivity contribution in [2.45, 2.75) is 76.5 Å². The van der Waals surface area contributed by atoms with E-state index < -0.39 is 6.10 Å². The summed E-state index contributed by atoms with van der Waals surface area (Å²) < 4.78 is 17.8. The van der Waals surface area contributed by atoms with Crippen molar-refractivity contribution in [2.24, 2.45) is 0 Å². The van der Waals surface area contributed by atoms with E-state index in [1.807, 2.05) is 30.9 Å². The van der Waals surface area contributed by atoms with Crippen molar-refractivity contribution in [3.63, 3.8) is 0 Å². The summed E-state index contributed by atoms with van der Waals surface area (Å²) in [5, 5.41) is 3.48. The molecule has 5 heterocycles. The highest BCUT2D eigenvalue weighted by Crippen LogP contribution is 2.41. The number of amides is 1. The third-order valence-electron chi connectivity index (χ3n) is 7.52. The first-order valence-electron chi connectivity index (χ1n) is 12.9. The Bertz CT molecular complexity index is 1070. The van der Waals surface area contributed by atoms with E-state index >= 15 is 0 Å². The van der Waals surface area contributed by atoms with Crippen LogP contribution in [0.5, 0.6) is 0 Å². The topological polar surface area (TPSA) is 76.2 Å². The molecule has 6 rings (SSSR count). The highest BCUT2D eigenvalue weighted by Gasteiger charge is 2.39. The average molecular weight is 479 g/mol. The van der Waals surface area contributed by atoms with E-state index in [1.54, 1.807) is 6.20 Å². The molecule has 3 fully saturated rings. The summed E-state index contributed by atoms with van der Waals surface area (Å²) in [7, 11) is 0. The Morgan fingerprint density at radius 2 is 1.94 bits per heavy atom. The van der Waals surface area contributed by atoms with E-state index in [-0.39, 0.29) is 18.1 Å². The molecule has 0 saturated carbocycles. The second-order valence-electron chi connectivity index (χ2n) is 10.3. The fourth-order valence-electron chi connectivity index (χ4n) is 5.91. The molecule has 8 heteroatoms. The van der Waals surface area contributed by atoms with Crippen molar-refractivity contribution >= 4 is 28.8 Å². The Morgan fingerprint density at radius 1 is 1.11 bits per heavy atom. The molecule has 8 nitrogen and oxygen atoms in total. The number of pyridine rings is 1. The minimum absolute atomic E-state index is 0.00477. The molecule has 0 spiro atoms. The number of benzene rings is 1. The summed E-state index contributed by atoms with van der Waals surface area (Å²) in [6, 6.07) is 11.1. The lowest BCUT2D eigenvalue weighted by molar-refractivity contribution is -0.143. The lowest BCUT2D eigenvalue weighted by atomic mass is 10.0. The number of carbonyl (C=O) groups excluding carboxylic acids is 1. The number of nitrogens with one attached hydrogen (secondary N) is 1. The number of anilines is 4. The smallest absolute Gasteiger partial charge is 0.256 e. The van der Waals surface area contributed by atoms with Gasteiger partial charge in [0.2, 0.25) is 0 Å². The Balaban J connectivity index is 1.31. The Kier molecular flexibility index (Phi) is 6.12. The van der Waals surface area contributed by atoms with Crippen LogP contribution in [0.1, 0.15) is 45.1 Å². The monoisotopic (exact) mass is 478 g/mol. The maximum Gasteiger partial charge on any atom is 0.256 e. The van der Waals surface area contributed by atoms with E-state index in [0.717, 1.165) is 60.9 Å². The van der Waals surface area contributed by atoms with Gasteiger partial charge in [0.1, 0.15) is 11.9 Å². The number of rotatable bonds is 4. The van der Waals surface area contributed by atoms with Crippen LogP contribution in [0.3, 0.4) is 0 Å². The van der Waals surface area contributed by atoms with Crippen LogP contribution in [0.4, 0.5) is 22.9 Å². The van der Waals surface area contributed by atoms with Crippen molar-refractivity contribution in [3.8, 4) is 0 Å². The van der Waals surface area contributed by atoms with Gasteiger partial charge in [0.05, 0.1) is 62.0 Å². The molecule has 1 aromatic heterocycles. The van der Waals surface area contributed by atoms with Gasteiger partial charge in [-0.1, -0.05) is 6.07 Å². The van der Waals surface area contributed by atoms with Crippen LogP contribution < -0.4 is 15.1 Å². The lowest BCUT2D eigenvalue weighted by Crippen LogP contribution is -2.46. The van der Waals surface area contributed by atoms with E-state index in [4.69, 9.17) is 14.2 Å². The first-order valence-corrected chi connectivity index (χ1v) is 12.9. The van der Waals surface area contributed by atoms with Crippen molar-refractivity contribution in [2.75, 3.05) is 34.9 Å². The van der Waals surface area contributed by atoms with E-state index in [9.17, 15) is 4.79 Å². The maximum atomic E-state index is 13.9. The molecule has 2 bridgehead atoms. The van der Waals surface area contributed by atoms with Crippen molar-refractivity contribution in [1.82, 2.24) is 4.98 Å². The number of fused-ring (bicyclic) bond motifs is 4. The van der Waals surface area contributed by atoms with Crippen molar-refractivity contribution in [1.29, 1.82) is 0 Å². The first kappa shape index (κ1) is 22.8. The molecular formula is C27H34N4O4. The van der Waals surface area contributed by atoms with Gasteiger partial charge in [-0.05, 0) is 63.8 Å². The Morgan fingerprint density at radius 3 is 2.69 bits per heavy atom. The van der Waals surface area contributed by atoms with E-state index in [2.05, 4.69) is 33.4 Å². The van der Waals surface area contributed by atoms with E-state index in [0.29, 0.717) is 31.7 Å². The van der Waals surface area contributed by atoms with Crippen LogP contribution in [-0.4, -0.2) is 61.1 Å². The van der Waals surface area contributed by atoms with E-state index in [1.165, 1.54) is 0 Å². The Hall–Kier alpha value is -2.68. The second-order valence-corrected chi connectivity index (χ2v) is 10.3. The van der Waals surface area contributed by atoms with Crippen LogP contribution in [-0.2, 0) is 25.5 Å². The third kappa shape index (κ3) is 4.39. The molecule has 1 aromatic carbocycles. The fraction of sp³-hybridized carbons (Fsp3) is 0.556. The molecule has 4 aliphatic heterocycles. The van der Waals surface area contributed by atoms with Gasteiger partial charge in [0.25, 0.3) is 5.91 Å². The molecule has 0 radical (unpaired) electrons. The summed E-state index contributed by atoms with van der Waals surface area (Å²) in [5.41, 5.74) is 3.90. The number of nitrogens with zero attached hydrogens (tertiary/aromatic N) is 3. The quantitative estimate of drug-likeness (QED) is 0.712. The molecule has 3 saturated heterocycles. The molecule has 0 aliphatic carbocycles. The molecule has 4 atom stereocenters. The zero-order chi connectivity index (χ0) is 23.9. The molecule has 2 unspecified atom stereocenters. The van der Waals surface area contributed by atoms with Crippen LogP contribution in [0.15, 0.2) is 36.5 Å². The van der Waals surface area contributed by atoms with Gasteiger partial charge in [-0.15, -0.1) is 0 Å². The molecule has 2 aromatic rings. The predicted octanol–water partition coefficient (Wildman–Crippen LogP) is 4.01. The van der Waals surface area contributed by atoms with Gasteiger partial charge in [-0.3, -0.25) is 4.79 Å². The van der Waals surface area contributed by atoms with Gasteiger partial charge >= 0.3 is 0 Å². The highest BCUT2D eigenvalue weighted by atomic mass is 16.5. The summed E-state index contributed by atoms with van der Waals surface area (Å²) in [6.07, 6.45) is 5.27. The number of morpholine rings is 1. The number of aromatic nitrogens is 1. The zero-order valence-electron chi connectivity index (χ0n) is 20.5. The summed E-state index contributed by atoms with van der Waals surface area (Å²) in [4.78, 5) is 22.8. The average Bonchev–Trinajstić information content (AvgIpc) is 3.02. The minimum atomic E-state index is -0.476. The number of ether oxygens (including phenoxy) is 3. The fourth-order valence-corrected chi connectivity index (χ4v) is 5.91. The summed E-state index contributed by atoms with van der Waals surface area (Å²) in [6.45, 7) is 6.49. The van der Waals surface area contributed by atoms with Gasteiger partial charge < -0.3 is 29.3 Å². The summed E-state index contributed by atoms with van der Waals surface area (Å²) >= 11 is 0. The normalized spacial score (nSPS) is 27.7. The number of hydrogen-bond acceptors (Lipinski definition) is 7. The molecule has 4 aliphatic rings. The standard InChI is InChI=1S/C27H34N4O4/c1-17(2)35-22-8-10-25(34-16-22)27(32)30-13-18-4-3-11-28-26(18)29-23-9-7-19(12-24(23)30)31-20-5-6-21(31)15-33-14-20/h3-4,7,9,11-12,17,20-22,25H,5-6,8,10,13-16H2,1-2H3,(H,28,29)/t20?,21?,22-,25+/m0/s1. The molecule has 35 heavy (non-hydrogen) atoms. The lowest BCUT2D eigenvalue weighted by Gasteiger charge is -2.37. The van der Waals surface area contributed by atoms with Crippen molar-refractivity contribution < 1.29 is 19.0 Å². The van der Waals surface area contributed by atoms with Gasteiger partial charge in [0, 0.05) is 17.4 Å². The molecule has 1 amide bonds.